The van der Waals surface area contributed by atoms with Gasteiger partial charge >= 0.3 is 0 Å². The topological polar surface area (TPSA) is 97.6 Å². The Morgan fingerprint density at radius 2 is 1.84 bits per heavy atom. The molecule has 0 aromatic heterocycles. The van der Waals surface area contributed by atoms with Gasteiger partial charge in [-0.15, -0.1) is 0 Å². The lowest BCUT2D eigenvalue weighted by Crippen LogP contribution is -2.52. The molecule has 170 valence electrons. The third kappa shape index (κ3) is 5.36. The lowest BCUT2D eigenvalue weighted by atomic mass is 9.73. The first-order valence-corrected chi connectivity index (χ1v) is 12.5. The zero-order chi connectivity index (χ0) is 23.2. The number of halogens is 2. The van der Waals surface area contributed by atoms with E-state index in [2.05, 4.69) is 15.0 Å². The van der Waals surface area contributed by atoms with Crippen LogP contribution in [0, 0.1) is 11.5 Å². The highest BCUT2D eigenvalue weighted by atomic mass is 35.5. The van der Waals surface area contributed by atoms with Crippen LogP contribution >= 0.6 is 23.2 Å². The Balaban J connectivity index is 1.85. The first kappa shape index (κ1) is 24.3. The van der Waals surface area contributed by atoms with Crippen LogP contribution < -0.4 is 10.0 Å². The van der Waals surface area contributed by atoms with Crippen LogP contribution in [0.4, 0.5) is 0 Å². The second kappa shape index (κ2) is 10.5. The lowest BCUT2D eigenvalue weighted by Gasteiger charge is -2.43. The van der Waals surface area contributed by atoms with Crippen LogP contribution in [0.25, 0.3) is 0 Å². The Bertz CT molecular complexity index is 1110. The van der Waals surface area contributed by atoms with Crippen molar-refractivity contribution in [1.82, 2.24) is 14.9 Å². The molecule has 1 saturated heterocycles. The minimum atomic E-state index is -3.87. The van der Waals surface area contributed by atoms with E-state index in [-0.39, 0.29) is 21.5 Å². The highest BCUT2D eigenvalue weighted by Crippen LogP contribution is 2.36. The number of likely N-dealkylation sites (tertiary alicyclic amines) is 1. The minimum Gasteiger partial charge on any atom is -0.342 e. The summed E-state index contributed by atoms with van der Waals surface area (Å²) in [5.74, 6) is 0.544. The minimum absolute atomic E-state index is 0.00763. The van der Waals surface area contributed by atoms with Crippen LogP contribution in [0.1, 0.15) is 25.3 Å². The Kier molecular flexibility index (Phi) is 8.01. The van der Waals surface area contributed by atoms with E-state index in [1.165, 1.54) is 6.07 Å². The Morgan fingerprint density at radius 3 is 2.47 bits per heavy atom. The molecule has 2 aromatic rings. The normalized spacial score (nSPS) is 16.4. The number of benzene rings is 2. The summed E-state index contributed by atoms with van der Waals surface area (Å²) < 4.78 is 28.8. The summed E-state index contributed by atoms with van der Waals surface area (Å²) in [5.41, 5.74) is 0.640. The van der Waals surface area contributed by atoms with Crippen LogP contribution in [0.2, 0.25) is 10.0 Å². The average Bonchev–Trinajstić information content (AvgIpc) is 2.80. The summed E-state index contributed by atoms with van der Waals surface area (Å²) >= 11 is 12.2. The van der Waals surface area contributed by atoms with Crippen LogP contribution in [0.15, 0.2) is 58.4 Å². The summed E-state index contributed by atoms with van der Waals surface area (Å²) in [6, 6.07) is 14.4. The molecule has 0 atom stereocenters. The van der Waals surface area contributed by atoms with E-state index in [0.717, 1.165) is 5.56 Å². The smallest absolute Gasteiger partial charge is 0.242 e. The van der Waals surface area contributed by atoms with Crippen LogP contribution in [-0.4, -0.2) is 45.5 Å². The highest BCUT2D eigenvalue weighted by molar-refractivity contribution is 7.89. The molecule has 0 saturated carbocycles. The maximum Gasteiger partial charge on any atom is 0.242 e. The monoisotopic (exact) mass is 493 g/mol. The Labute approximate surface area is 199 Å². The van der Waals surface area contributed by atoms with Crippen molar-refractivity contribution in [3.63, 3.8) is 0 Å². The largest absolute Gasteiger partial charge is 0.342 e. The van der Waals surface area contributed by atoms with Crippen molar-refractivity contribution in [1.29, 1.82) is 5.26 Å². The number of hydrogen-bond acceptors (Lipinski definition) is 4. The van der Waals surface area contributed by atoms with Gasteiger partial charge < -0.3 is 4.90 Å². The summed E-state index contributed by atoms with van der Waals surface area (Å²) in [5, 5.41) is 11.9. The molecule has 1 fully saturated rings. The van der Waals surface area contributed by atoms with E-state index in [1.54, 1.807) is 12.1 Å². The fourth-order valence-corrected chi connectivity index (χ4v) is 5.81. The van der Waals surface area contributed by atoms with Gasteiger partial charge in [-0.25, -0.2) is 13.1 Å². The molecule has 1 aliphatic heterocycles. The highest BCUT2D eigenvalue weighted by Gasteiger charge is 2.38. The van der Waals surface area contributed by atoms with Gasteiger partial charge in [0.15, 0.2) is 6.19 Å². The molecule has 0 amide bonds. The SMILES string of the molecule is CCN=C(NC#N)N1CCC(CNS(=O)(=O)c2cccc(Cl)c2Cl)(c2ccccc2)CC1. The quantitative estimate of drug-likeness (QED) is 0.276. The number of sulfonamides is 1. The van der Waals surface area contributed by atoms with Crippen molar-refractivity contribution in [3.8, 4) is 6.19 Å². The third-order valence-corrected chi connectivity index (χ3v) is 8.06. The molecular formula is C22H25Cl2N5O2S. The molecule has 0 bridgehead atoms. The fraction of sp³-hybridized carbons (Fsp3) is 0.364. The number of piperidine rings is 1. The number of nitrogens with zero attached hydrogens (tertiary/aromatic N) is 3. The molecule has 10 heteroatoms. The van der Waals surface area contributed by atoms with Crippen molar-refractivity contribution in [2.75, 3.05) is 26.2 Å². The van der Waals surface area contributed by atoms with Crippen LogP contribution in [-0.2, 0) is 15.4 Å². The second-order valence-electron chi connectivity index (χ2n) is 7.54. The zero-order valence-electron chi connectivity index (χ0n) is 17.7. The van der Waals surface area contributed by atoms with Gasteiger partial charge in [-0.2, -0.15) is 5.26 Å². The number of nitriles is 1. The molecule has 0 aliphatic carbocycles. The van der Waals surface area contributed by atoms with Crippen LogP contribution in [0.5, 0.6) is 0 Å². The summed E-state index contributed by atoms with van der Waals surface area (Å²) in [6.07, 6.45) is 3.30. The number of guanidine groups is 1. The van der Waals surface area contributed by atoms with E-state index < -0.39 is 15.4 Å². The molecular weight excluding hydrogens is 469 g/mol. The summed E-state index contributed by atoms with van der Waals surface area (Å²) in [4.78, 5) is 6.36. The van der Waals surface area contributed by atoms with Crippen molar-refractivity contribution >= 4 is 39.2 Å². The van der Waals surface area contributed by atoms with Gasteiger partial charge in [-0.3, -0.25) is 10.3 Å². The second-order valence-corrected chi connectivity index (χ2v) is 10.1. The zero-order valence-corrected chi connectivity index (χ0v) is 20.0. The number of nitrogens with one attached hydrogen (secondary N) is 2. The van der Waals surface area contributed by atoms with Gasteiger partial charge in [0.1, 0.15) is 4.90 Å². The fourth-order valence-electron chi connectivity index (χ4n) is 3.93. The maximum absolute atomic E-state index is 13.0. The van der Waals surface area contributed by atoms with Gasteiger partial charge in [0, 0.05) is 31.6 Å². The van der Waals surface area contributed by atoms with E-state index in [9.17, 15) is 8.42 Å². The predicted molar refractivity (Wildman–Crippen MR) is 127 cm³/mol. The molecule has 0 radical (unpaired) electrons. The lowest BCUT2D eigenvalue weighted by molar-refractivity contribution is 0.222. The molecule has 0 spiro atoms. The predicted octanol–water partition coefficient (Wildman–Crippen LogP) is 3.75. The molecule has 1 heterocycles. The van der Waals surface area contributed by atoms with E-state index in [1.807, 2.05) is 48.3 Å². The molecule has 2 N–H and O–H groups in total. The van der Waals surface area contributed by atoms with Crippen molar-refractivity contribution in [2.45, 2.75) is 30.1 Å². The van der Waals surface area contributed by atoms with Gasteiger partial charge in [-0.05, 0) is 37.5 Å². The molecule has 0 unspecified atom stereocenters. The Morgan fingerprint density at radius 1 is 1.16 bits per heavy atom. The molecule has 3 rings (SSSR count). The van der Waals surface area contributed by atoms with Crippen molar-refractivity contribution in [3.05, 3.63) is 64.1 Å². The van der Waals surface area contributed by atoms with Crippen LogP contribution in [0.3, 0.4) is 0 Å². The van der Waals surface area contributed by atoms with E-state index in [4.69, 9.17) is 28.5 Å². The molecule has 1 aliphatic rings. The maximum atomic E-state index is 13.0. The average molecular weight is 494 g/mol. The summed E-state index contributed by atoms with van der Waals surface area (Å²) in [6.45, 7) is 3.93. The number of hydrogen-bond donors (Lipinski definition) is 2. The first-order chi connectivity index (χ1) is 15.3. The molecule has 7 nitrogen and oxygen atoms in total. The number of aliphatic imine (C=N–C) groups is 1. The molecule has 2 aromatic carbocycles. The van der Waals surface area contributed by atoms with Gasteiger partial charge in [0.25, 0.3) is 0 Å². The van der Waals surface area contributed by atoms with E-state index >= 15 is 0 Å². The van der Waals surface area contributed by atoms with E-state index in [0.29, 0.717) is 38.4 Å². The van der Waals surface area contributed by atoms with Crippen molar-refractivity contribution < 1.29 is 8.42 Å². The van der Waals surface area contributed by atoms with Gasteiger partial charge in [-0.1, -0.05) is 59.6 Å². The van der Waals surface area contributed by atoms with Gasteiger partial charge in [0.2, 0.25) is 16.0 Å². The molecule has 32 heavy (non-hydrogen) atoms. The van der Waals surface area contributed by atoms with Gasteiger partial charge in [0.05, 0.1) is 10.0 Å². The summed E-state index contributed by atoms with van der Waals surface area (Å²) in [7, 11) is -3.87. The number of rotatable bonds is 6. The standard InChI is InChI=1S/C22H25Cl2N5O2S/c1-2-26-21(27-16-25)29-13-11-22(12-14-29,17-7-4-3-5-8-17)15-28-32(30,31)19-10-6-9-18(23)20(19)24/h3-10,28H,2,11-15H2,1H3,(H,26,27). The van der Waals surface area contributed by atoms with Crippen molar-refractivity contribution in [2.24, 2.45) is 4.99 Å². The first-order valence-electron chi connectivity index (χ1n) is 10.3. The third-order valence-electron chi connectivity index (χ3n) is 5.69. The Hall–Kier alpha value is -2.31.